The third-order valence-corrected chi connectivity index (χ3v) is 4.10. The van der Waals surface area contributed by atoms with Gasteiger partial charge in [0.05, 0.1) is 11.3 Å². The highest BCUT2D eigenvalue weighted by Crippen LogP contribution is 2.32. The first-order valence-corrected chi connectivity index (χ1v) is 7.54. The number of rotatable bonds is 3. The molecule has 0 bridgehead atoms. The Balaban J connectivity index is 1.81. The van der Waals surface area contributed by atoms with Crippen molar-refractivity contribution < 1.29 is 17.6 Å². The van der Waals surface area contributed by atoms with E-state index in [4.69, 9.17) is 0 Å². The van der Waals surface area contributed by atoms with Crippen LogP contribution in [0.3, 0.4) is 0 Å². The van der Waals surface area contributed by atoms with Crippen molar-refractivity contribution in [3.63, 3.8) is 0 Å². The quantitative estimate of drug-likeness (QED) is 0.728. The van der Waals surface area contributed by atoms with Gasteiger partial charge in [-0.3, -0.25) is 4.79 Å². The van der Waals surface area contributed by atoms with E-state index < -0.39 is 23.1 Å². The number of nitrogens with zero attached hydrogens (tertiary/aromatic N) is 3. The zero-order valence-electron chi connectivity index (χ0n) is 13.0. The zero-order chi connectivity index (χ0) is 18.5. The van der Waals surface area contributed by atoms with Crippen LogP contribution in [-0.2, 0) is 12.6 Å². The van der Waals surface area contributed by atoms with E-state index in [9.17, 15) is 22.4 Å². The molecule has 0 spiro atoms. The third-order valence-electron chi connectivity index (χ3n) is 4.10. The Morgan fingerprint density at radius 3 is 2.62 bits per heavy atom. The third kappa shape index (κ3) is 2.61. The molecule has 0 aliphatic heterocycles. The Morgan fingerprint density at radius 2 is 2.00 bits per heavy atom. The summed E-state index contributed by atoms with van der Waals surface area (Å²) in [5, 5.41) is 3.83. The zero-order valence-corrected chi connectivity index (χ0v) is 13.0. The predicted octanol–water partition coefficient (Wildman–Crippen LogP) is 3.12. The van der Waals surface area contributed by atoms with Crippen LogP contribution in [0.15, 0.2) is 47.5 Å². The van der Waals surface area contributed by atoms with Crippen LogP contribution < -0.4 is 5.56 Å². The first-order valence-electron chi connectivity index (χ1n) is 7.54. The average molecular weight is 362 g/mol. The Bertz CT molecular complexity index is 1140. The molecule has 1 aromatic carbocycles. The summed E-state index contributed by atoms with van der Waals surface area (Å²) in [5.41, 5.74) is -0.0730. The van der Waals surface area contributed by atoms with E-state index >= 15 is 0 Å². The summed E-state index contributed by atoms with van der Waals surface area (Å²) in [6.07, 6.45) is 1.71. The molecule has 2 heterocycles. The number of aromatic nitrogens is 4. The molecule has 2 aromatic heterocycles. The van der Waals surface area contributed by atoms with Gasteiger partial charge in [-0.25, -0.2) is 4.39 Å². The molecule has 0 saturated heterocycles. The molecular weight excluding hydrogens is 352 g/mol. The van der Waals surface area contributed by atoms with E-state index in [0.717, 1.165) is 22.2 Å². The minimum Gasteiger partial charge on any atom is -0.323 e. The number of fused-ring (bicyclic) bond motifs is 1. The maximum Gasteiger partial charge on any atom is 0.419 e. The summed E-state index contributed by atoms with van der Waals surface area (Å²) in [4.78, 5) is 19.6. The molecule has 1 aliphatic carbocycles. The topological polar surface area (TPSA) is 63.0 Å². The van der Waals surface area contributed by atoms with Crippen LogP contribution in [0.1, 0.15) is 22.4 Å². The summed E-state index contributed by atoms with van der Waals surface area (Å²) in [7, 11) is 0. The second kappa shape index (κ2) is 5.65. The fraction of sp³-hybridized carbons (Fsp3) is 0.118. The fourth-order valence-electron chi connectivity index (χ4n) is 2.77. The molecule has 0 amide bonds. The highest BCUT2D eigenvalue weighted by Gasteiger charge is 2.34. The number of aromatic amines is 1. The van der Waals surface area contributed by atoms with Crippen molar-refractivity contribution in [2.24, 2.45) is 0 Å². The van der Waals surface area contributed by atoms with Crippen molar-refractivity contribution in [1.82, 2.24) is 19.6 Å². The minimum atomic E-state index is -4.77. The maximum absolute atomic E-state index is 13.8. The molecule has 0 saturated carbocycles. The van der Waals surface area contributed by atoms with E-state index in [1.165, 1.54) is 6.33 Å². The van der Waals surface area contributed by atoms with Gasteiger partial charge in [0, 0.05) is 12.0 Å². The van der Waals surface area contributed by atoms with E-state index in [1.54, 1.807) is 18.2 Å². The van der Waals surface area contributed by atoms with Gasteiger partial charge >= 0.3 is 6.18 Å². The molecule has 5 nitrogen and oxygen atoms in total. The molecule has 3 aromatic rings. The first kappa shape index (κ1) is 16.2. The number of allylic oxidation sites excluding steroid dienone is 4. The van der Waals surface area contributed by atoms with E-state index in [0.29, 0.717) is 11.8 Å². The predicted molar refractivity (Wildman–Crippen MR) is 84.9 cm³/mol. The highest BCUT2D eigenvalue weighted by molar-refractivity contribution is 5.81. The Kier molecular flexibility index (Phi) is 3.53. The lowest BCUT2D eigenvalue weighted by molar-refractivity contribution is -0.140. The second-order valence-electron chi connectivity index (χ2n) is 5.75. The number of hydrogen-bond acceptors (Lipinski definition) is 3. The smallest absolute Gasteiger partial charge is 0.323 e. The number of halogens is 4. The Labute approximate surface area is 143 Å². The van der Waals surface area contributed by atoms with E-state index in [2.05, 4.69) is 15.1 Å². The number of hydrogen-bond donors (Lipinski definition) is 1. The minimum absolute atomic E-state index is 0.0549. The van der Waals surface area contributed by atoms with Gasteiger partial charge in [0.1, 0.15) is 12.1 Å². The summed E-state index contributed by atoms with van der Waals surface area (Å²) < 4.78 is 53.0. The SMILES string of the molecule is O=c1c(Cc2ccc(C(F)(F)F)c(F)c2)c(C2=CC=C2)[nH]c2ncnn12. The van der Waals surface area contributed by atoms with Crippen molar-refractivity contribution >= 4 is 11.4 Å². The highest BCUT2D eigenvalue weighted by atomic mass is 19.4. The molecule has 132 valence electrons. The standard InChI is InChI=1S/C17H10F4N4O/c18-13-7-9(4-5-12(13)17(19,20)21)6-11-14(10-2-1-3-10)24-16-22-8-23-25(16)15(11)26/h1-5,7-8H,6H2,(H,22,23,24). The van der Waals surface area contributed by atoms with Crippen molar-refractivity contribution in [2.45, 2.75) is 12.6 Å². The van der Waals surface area contributed by atoms with Crippen LogP contribution in [0.25, 0.3) is 11.4 Å². The monoisotopic (exact) mass is 362 g/mol. The summed E-state index contributed by atoms with van der Waals surface area (Å²) in [6, 6.07) is 2.63. The molecule has 26 heavy (non-hydrogen) atoms. The number of H-pyrrole nitrogens is 1. The largest absolute Gasteiger partial charge is 0.419 e. The van der Waals surface area contributed by atoms with Gasteiger partial charge in [-0.1, -0.05) is 24.3 Å². The van der Waals surface area contributed by atoms with Crippen LogP contribution in [0.4, 0.5) is 17.6 Å². The molecule has 1 N–H and O–H groups in total. The summed E-state index contributed by atoms with van der Waals surface area (Å²) in [6.45, 7) is 0. The average Bonchev–Trinajstić information content (AvgIpc) is 2.97. The van der Waals surface area contributed by atoms with Crippen LogP contribution in [0, 0.1) is 5.82 Å². The number of benzene rings is 1. The Hall–Kier alpha value is -3.23. The number of alkyl halides is 3. The lowest BCUT2D eigenvalue weighted by Crippen LogP contribution is -2.23. The van der Waals surface area contributed by atoms with Crippen LogP contribution in [0.2, 0.25) is 0 Å². The fourth-order valence-corrected chi connectivity index (χ4v) is 2.77. The van der Waals surface area contributed by atoms with Crippen LogP contribution >= 0.6 is 0 Å². The molecule has 0 fully saturated rings. The number of nitrogens with one attached hydrogen (secondary N) is 1. The van der Waals surface area contributed by atoms with Crippen molar-refractivity contribution in [3.05, 3.63) is 81.3 Å². The van der Waals surface area contributed by atoms with Gasteiger partial charge < -0.3 is 4.98 Å². The molecule has 1 aliphatic rings. The van der Waals surface area contributed by atoms with E-state index in [1.807, 2.05) is 0 Å². The van der Waals surface area contributed by atoms with Crippen molar-refractivity contribution in [3.8, 4) is 0 Å². The van der Waals surface area contributed by atoms with Gasteiger partial charge in [-0.15, -0.1) is 0 Å². The molecule has 9 heteroatoms. The maximum atomic E-state index is 13.8. The van der Waals surface area contributed by atoms with Crippen LogP contribution in [-0.4, -0.2) is 19.6 Å². The second-order valence-corrected chi connectivity index (χ2v) is 5.75. The lowest BCUT2D eigenvalue weighted by Gasteiger charge is -2.14. The van der Waals surface area contributed by atoms with Gasteiger partial charge in [0.15, 0.2) is 0 Å². The van der Waals surface area contributed by atoms with Crippen LogP contribution in [0.5, 0.6) is 0 Å². The molecule has 0 unspecified atom stereocenters. The van der Waals surface area contributed by atoms with Gasteiger partial charge in [-0.2, -0.15) is 27.8 Å². The molecule has 4 rings (SSSR count). The first-order chi connectivity index (χ1) is 12.3. The van der Waals surface area contributed by atoms with Crippen molar-refractivity contribution in [2.75, 3.05) is 0 Å². The molecule has 0 atom stereocenters. The summed E-state index contributed by atoms with van der Waals surface area (Å²) in [5.74, 6) is -1.13. The van der Waals surface area contributed by atoms with Gasteiger partial charge in [0.25, 0.3) is 5.56 Å². The van der Waals surface area contributed by atoms with Gasteiger partial charge in [-0.05, 0) is 23.3 Å². The van der Waals surface area contributed by atoms with Gasteiger partial charge in [0.2, 0.25) is 5.78 Å². The lowest BCUT2D eigenvalue weighted by atomic mass is 9.96. The van der Waals surface area contributed by atoms with E-state index in [-0.39, 0.29) is 23.3 Å². The van der Waals surface area contributed by atoms with Crippen molar-refractivity contribution in [1.29, 1.82) is 0 Å². The summed E-state index contributed by atoms with van der Waals surface area (Å²) >= 11 is 0. The Morgan fingerprint density at radius 1 is 1.23 bits per heavy atom. The molecular formula is C17H10F4N4O. The molecule has 0 radical (unpaired) electrons. The normalized spacial score (nSPS) is 13.8.